The zero-order chi connectivity index (χ0) is 16.7. The van der Waals surface area contributed by atoms with E-state index in [1.165, 1.54) is 18.4 Å². The molecule has 24 heavy (non-hydrogen) atoms. The topological polar surface area (TPSA) is 40.6 Å². The Hall–Kier alpha value is -1.84. The van der Waals surface area contributed by atoms with Gasteiger partial charge in [-0.2, -0.15) is 0 Å². The van der Waals surface area contributed by atoms with Crippen LogP contribution < -0.4 is 4.90 Å². The van der Waals surface area contributed by atoms with Crippen molar-refractivity contribution < 1.29 is 9.59 Å². The molecule has 1 atom stereocenters. The van der Waals surface area contributed by atoms with Crippen molar-refractivity contribution in [3.63, 3.8) is 0 Å². The molecule has 1 aromatic carbocycles. The molecule has 4 nitrogen and oxygen atoms in total. The first-order valence-corrected chi connectivity index (χ1v) is 9.22. The molecule has 2 aliphatic heterocycles. The van der Waals surface area contributed by atoms with Crippen LogP contribution in [0.4, 0.5) is 5.69 Å². The van der Waals surface area contributed by atoms with Crippen LogP contribution in [0.25, 0.3) is 0 Å². The third kappa shape index (κ3) is 2.72. The summed E-state index contributed by atoms with van der Waals surface area (Å²) in [6, 6.07) is 8.15. The van der Waals surface area contributed by atoms with Crippen molar-refractivity contribution in [2.24, 2.45) is 11.3 Å². The number of rotatable bonds is 2. The number of likely N-dealkylation sites (tertiary alicyclic amines) is 1. The van der Waals surface area contributed by atoms with Crippen molar-refractivity contribution in [1.82, 2.24) is 4.90 Å². The van der Waals surface area contributed by atoms with Gasteiger partial charge in [0.25, 0.3) is 0 Å². The number of anilines is 1. The molecule has 1 spiro atoms. The van der Waals surface area contributed by atoms with Crippen molar-refractivity contribution in [2.45, 2.75) is 45.4 Å². The van der Waals surface area contributed by atoms with Crippen LogP contribution in [-0.4, -0.2) is 36.3 Å². The molecule has 0 radical (unpaired) electrons. The van der Waals surface area contributed by atoms with Crippen molar-refractivity contribution in [2.75, 3.05) is 24.5 Å². The van der Waals surface area contributed by atoms with E-state index >= 15 is 0 Å². The Bertz CT molecular complexity index is 665. The first-order chi connectivity index (χ1) is 11.6. The maximum absolute atomic E-state index is 12.7. The summed E-state index contributed by atoms with van der Waals surface area (Å²) in [4.78, 5) is 29.3. The number of carbonyl (C=O) groups excluding carboxylic acids is 2. The van der Waals surface area contributed by atoms with Crippen molar-refractivity contribution >= 4 is 17.5 Å². The van der Waals surface area contributed by atoms with Crippen molar-refractivity contribution in [3.05, 3.63) is 29.8 Å². The third-order valence-corrected chi connectivity index (χ3v) is 6.09. The first-order valence-electron chi connectivity index (χ1n) is 9.22. The molecule has 1 aromatic rings. The lowest BCUT2D eigenvalue weighted by atomic mass is 9.86. The highest BCUT2D eigenvalue weighted by Crippen LogP contribution is 2.43. The van der Waals surface area contributed by atoms with E-state index < -0.39 is 0 Å². The van der Waals surface area contributed by atoms with Crippen molar-refractivity contribution in [1.29, 1.82) is 0 Å². The molecule has 1 unspecified atom stereocenters. The van der Waals surface area contributed by atoms with Gasteiger partial charge in [0.2, 0.25) is 11.8 Å². The Labute approximate surface area is 143 Å². The van der Waals surface area contributed by atoms with Gasteiger partial charge in [-0.1, -0.05) is 25.0 Å². The summed E-state index contributed by atoms with van der Waals surface area (Å²) in [5, 5.41) is 0. The summed E-state index contributed by atoms with van der Waals surface area (Å²) in [5.41, 5.74) is 2.14. The lowest BCUT2D eigenvalue weighted by Crippen LogP contribution is -2.36. The predicted octanol–water partition coefficient (Wildman–Crippen LogP) is 3.14. The summed E-state index contributed by atoms with van der Waals surface area (Å²) < 4.78 is 0. The fraction of sp³-hybridized carbons (Fsp3) is 0.600. The van der Waals surface area contributed by atoms with E-state index in [1.807, 2.05) is 21.9 Å². The Balaban J connectivity index is 1.47. The maximum atomic E-state index is 12.7. The van der Waals surface area contributed by atoms with Gasteiger partial charge in [-0.15, -0.1) is 0 Å². The minimum absolute atomic E-state index is 0.0326. The number of carbonyl (C=O) groups is 2. The quantitative estimate of drug-likeness (QED) is 0.838. The van der Waals surface area contributed by atoms with Crippen LogP contribution in [0.5, 0.6) is 0 Å². The van der Waals surface area contributed by atoms with Gasteiger partial charge in [0, 0.05) is 43.1 Å². The molecule has 2 saturated heterocycles. The predicted molar refractivity (Wildman–Crippen MR) is 93.7 cm³/mol. The molecule has 3 fully saturated rings. The number of nitrogens with zero attached hydrogens (tertiary/aromatic N) is 2. The number of hydrogen-bond donors (Lipinski definition) is 0. The highest BCUT2D eigenvalue weighted by molar-refractivity contribution is 5.96. The van der Waals surface area contributed by atoms with Gasteiger partial charge in [0.1, 0.15) is 0 Å². The zero-order valence-corrected chi connectivity index (χ0v) is 14.5. The number of hydrogen-bond acceptors (Lipinski definition) is 2. The molecule has 1 aliphatic carbocycles. The highest BCUT2D eigenvalue weighted by Gasteiger charge is 2.49. The number of benzene rings is 1. The van der Waals surface area contributed by atoms with E-state index in [9.17, 15) is 9.59 Å². The molecular formula is C20H26N2O2. The third-order valence-electron chi connectivity index (χ3n) is 6.09. The van der Waals surface area contributed by atoms with Crippen molar-refractivity contribution in [3.8, 4) is 0 Å². The average molecular weight is 326 g/mol. The number of aryl methyl sites for hydroxylation is 1. The van der Waals surface area contributed by atoms with E-state index in [4.69, 9.17) is 0 Å². The highest BCUT2D eigenvalue weighted by atomic mass is 16.2. The van der Waals surface area contributed by atoms with Gasteiger partial charge in [-0.3, -0.25) is 9.59 Å². The molecule has 2 heterocycles. The van der Waals surface area contributed by atoms with Gasteiger partial charge in [-0.05, 0) is 43.9 Å². The molecule has 2 amide bonds. The lowest BCUT2D eigenvalue weighted by molar-refractivity contribution is -0.134. The molecule has 128 valence electrons. The smallest absolute Gasteiger partial charge is 0.227 e. The summed E-state index contributed by atoms with van der Waals surface area (Å²) in [6.45, 7) is 4.39. The van der Waals surface area contributed by atoms with Gasteiger partial charge in [0.05, 0.1) is 0 Å². The summed E-state index contributed by atoms with van der Waals surface area (Å²) >= 11 is 0. The lowest BCUT2D eigenvalue weighted by Gasteiger charge is -2.25. The van der Waals surface area contributed by atoms with E-state index in [-0.39, 0.29) is 17.2 Å². The second-order valence-electron chi connectivity index (χ2n) is 7.99. The second-order valence-corrected chi connectivity index (χ2v) is 7.99. The van der Waals surface area contributed by atoms with E-state index in [2.05, 4.69) is 19.1 Å². The van der Waals surface area contributed by atoms with E-state index in [0.29, 0.717) is 12.3 Å². The van der Waals surface area contributed by atoms with Gasteiger partial charge in [0.15, 0.2) is 0 Å². The Morgan fingerprint density at radius 3 is 2.75 bits per heavy atom. The van der Waals surface area contributed by atoms with Gasteiger partial charge >= 0.3 is 0 Å². The molecule has 0 aromatic heterocycles. The minimum Gasteiger partial charge on any atom is -0.342 e. The molecule has 1 saturated carbocycles. The van der Waals surface area contributed by atoms with Crippen LogP contribution in [0.3, 0.4) is 0 Å². The monoisotopic (exact) mass is 326 g/mol. The second kappa shape index (κ2) is 5.91. The van der Waals surface area contributed by atoms with Gasteiger partial charge < -0.3 is 9.80 Å². The van der Waals surface area contributed by atoms with E-state index in [0.717, 1.165) is 44.6 Å². The summed E-state index contributed by atoms with van der Waals surface area (Å²) in [5.74, 6) is 0.784. The molecule has 0 N–H and O–H groups in total. The molecule has 0 bridgehead atoms. The van der Waals surface area contributed by atoms with Crippen LogP contribution in [0.2, 0.25) is 0 Å². The Morgan fingerprint density at radius 1 is 1.21 bits per heavy atom. The van der Waals surface area contributed by atoms with Crippen LogP contribution in [0.1, 0.15) is 44.1 Å². The summed E-state index contributed by atoms with van der Waals surface area (Å²) in [7, 11) is 0. The fourth-order valence-electron chi connectivity index (χ4n) is 4.75. The SMILES string of the molecule is Cc1cccc(N2CC3(CCN(C(=O)C4CCCC4)C3)CC2=O)c1. The van der Waals surface area contributed by atoms with Crippen LogP contribution in [-0.2, 0) is 9.59 Å². The van der Waals surface area contributed by atoms with E-state index in [1.54, 1.807) is 0 Å². The zero-order valence-electron chi connectivity index (χ0n) is 14.5. The largest absolute Gasteiger partial charge is 0.342 e. The van der Waals surface area contributed by atoms with Crippen LogP contribution in [0.15, 0.2) is 24.3 Å². The normalized spacial score (nSPS) is 27.6. The first kappa shape index (κ1) is 15.7. The maximum Gasteiger partial charge on any atom is 0.227 e. The summed E-state index contributed by atoms with van der Waals surface area (Å²) in [6.07, 6.45) is 6.02. The molecule has 4 rings (SSSR count). The van der Waals surface area contributed by atoms with Crippen LogP contribution in [0, 0.1) is 18.3 Å². The average Bonchev–Trinajstić information content (AvgIpc) is 3.28. The Kier molecular flexibility index (Phi) is 3.86. The minimum atomic E-state index is -0.0326. The number of amides is 2. The standard InChI is InChI=1S/C20H26N2O2/c1-15-5-4-8-17(11-15)22-14-20(12-18(22)23)9-10-21(13-20)19(24)16-6-2-3-7-16/h4-5,8,11,16H,2-3,6-7,9-10,12-14H2,1H3. The Morgan fingerprint density at radius 2 is 2.00 bits per heavy atom. The van der Waals surface area contributed by atoms with Gasteiger partial charge in [-0.25, -0.2) is 0 Å². The molecule has 3 aliphatic rings. The molecule has 4 heteroatoms. The fourth-order valence-corrected chi connectivity index (χ4v) is 4.75. The van der Waals surface area contributed by atoms with Crippen LogP contribution >= 0.6 is 0 Å². The molecular weight excluding hydrogens is 300 g/mol.